The minimum atomic E-state index is -0.609. The lowest BCUT2D eigenvalue weighted by molar-refractivity contribution is -0.385. The maximum absolute atomic E-state index is 14.3. The molecule has 0 saturated carbocycles. The molecule has 1 aromatic carbocycles. The van der Waals surface area contributed by atoms with E-state index in [0.29, 0.717) is 25.3 Å². The minimum Gasteiger partial charge on any atom is -0.444 e. The molecule has 1 heterocycles. The zero-order valence-electron chi connectivity index (χ0n) is 15.7. The summed E-state index contributed by atoms with van der Waals surface area (Å²) in [5.41, 5.74) is -0.448. The van der Waals surface area contributed by atoms with E-state index in [0.717, 1.165) is 18.9 Å². The second-order valence-electron chi connectivity index (χ2n) is 7.71. The predicted molar refractivity (Wildman–Crippen MR) is 96.9 cm³/mol. The smallest absolute Gasteiger partial charge is 0.410 e. The second kappa shape index (κ2) is 7.88. The fraction of sp³-hybridized carbons (Fsp3) is 0.611. The first kappa shape index (κ1) is 19.9. The van der Waals surface area contributed by atoms with Gasteiger partial charge in [-0.2, -0.15) is 0 Å². The summed E-state index contributed by atoms with van der Waals surface area (Å²) in [6.45, 7) is 7.23. The Kier molecular flexibility index (Phi) is 6.05. The number of ether oxygens (including phenoxy) is 1. The van der Waals surface area contributed by atoms with Crippen LogP contribution in [0.15, 0.2) is 18.2 Å². The molecule has 1 aliphatic rings. The van der Waals surface area contributed by atoms with Crippen LogP contribution in [0.25, 0.3) is 0 Å². The summed E-state index contributed by atoms with van der Waals surface area (Å²) < 4.78 is 19.6. The van der Waals surface area contributed by atoms with Crippen molar-refractivity contribution in [1.29, 1.82) is 0 Å². The summed E-state index contributed by atoms with van der Waals surface area (Å²) >= 11 is 0. The third kappa shape index (κ3) is 5.31. The first-order chi connectivity index (χ1) is 12.1. The van der Waals surface area contributed by atoms with Crippen molar-refractivity contribution < 1.29 is 18.8 Å². The molecule has 1 unspecified atom stereocenters. The number of anilines is 1. The highest BCUT2D eigenvalue weighted by molar-refractivity contribution is 5.67. The van der Waals surface area contributed by atoms with Crippen LogP contribution < -0.4 is 4.90 Å². The van der Waals surface area contributed by atoms with Crippen LogP contribution in [0.5, 0.6) is 0 Å². The van der Waals surface area contributed by atoms with Crippen LogP contribution >= 0.6 is 0 Å². The number of carbonyl (C=O) groups is 1. The van der Waals surface area contributed by atoms with E-state index in [-0.39, 0.29) is 17.7 Å². The van der Waals surface area contributed by atoms with Gasteiger partial charge in [-0.05, 0) is 45.6 Å². The van der Waals surface area contributed by atoms with Crippen molar-refractivity contribution in [3.63, 3.8) is 0 Å². The lowest BCUT2D eigenvalue weighted by Gasteiger charge is -2.36. The maximum atomic E-state index is 14.3. The standard InChI is InChI=1S/C18H26FN3O4/c1-18(2,3)26-17(23)20(4)11-13-6-5-9-21(12-13)16-8-7-14(22(24)25)10-15(16)19/h7-8,10,13H,5-6,9,11-12H2,1-4H3. The SMILES string of the molecule is CN(CC1CCCN(c2ccc([N+](=O)[O-])cc2F)C1)C(=O)OC(C)(C)C. The van der Waals surface area contributed by atoms with Crippen LogP contribution in [-0.4, -0.2) is 48.2 Å². The Morgan fingerprint density at radius 1 is 1.46 bits per heavy atom. The van der Waals surface area contributed by atoms with E-state index in [9.17, 15) is 19.3 Å². The van der Waals surface area contributed by atoms with Gasteiger partial charge in [0.2, 0.25) is 0 Å². The Morgan fingerprint density at radius 3 is 2.73 bits per heavy atom. The van der Waals surface area contributed by atoms with E-state index in [1.807, 2.05) is 25.7 Å². The molecular weight excluding hydrogens is 341 g/mol. The number of piperidine rings is 1. The van der Waals surface area contributed by atoms with Gasteiger partial charge in [-0.1, -0.05) is 0 Å². The van der Waals surface area contributed by atoms with Crippen LogP contribution in [0.2, 0.25) is 0 Å². The highest BCUT2D eigenvalue weighted by Crippen LogP contribution is 2.28. The number of nitro groups is 1. The summed E-state index contributed by atoms with van der Waals surface area (Å²) in [4.78, 5) is 25.7. The van der Waals surface area contributed by atoms with Crippen LogP contribution in [0, 0.1) is 21.8 Å². The first-order valence-corrected chi connectivity index (χ1v) is 8.70. The summed E-state index contributed by atoms with van der Waals surface area (Å²) in [5.74, 6) is -0.420. The summed E-state index contributed by atoms with van der Waals surface area (Å²) in [7, 11) is 1.69. The maximum Gasteiger partial charge on any atom is 0.410 e. The molecule has 0 spiro atoms. The molecule has 0 bridgehead atoms. The average molecular weight is 367 g/mol. The highest BCUT2D eigenvalue weighted by Gasteiger charge is 2.27. The molecule has 1 fully saturated rings. The lowest BCUT2D eigenvalue weighted by atomic mass is 9.97. The largest absolute Gasteiger partial charge is 0.444 e. The van der Waals surface area contributed by atoms with Gasteiger partial charge in [0.25, 0.3) is 5.69 Å². The molecule has 0 N–H and O–H groups in total. The van der Waals surface area contributed by atoms with Gasteiger partial charge in [-0.15, -0.1) is 0 Å². The molecule has 0 radical (unpaired) electrons. The molecule has 7 nitrogen and oxygen atoms in total. The van der Waals surface area contributed by atoms with Crippen molar-refractivity contribution in [2.24, 2.45) is 5.92 Å². The normalized spacial score (nSPS) is 17.7. The molecule has 1 atom stereocenters. The van der Waals surface area contributed by atoms with E-state index in [1.165, 1.54) is 12.1 Å². The number of non-ortho nitro benzene ring substituents is 1. The fourth-order valence-electron chi connectivity index (χ4n) is 3.10. The van der Waals surface area contributed by atoms with Gasteiger partial charge < -0.3 is 14.5 Å². The van der Waals surface area contributed by atoms with E-state index in [4.69, 9.17) is 4.74 Å². The average Bonchev–Trinajstić information content (AvgIpc) is 2.53. The van der Waals surface area contributed by atoms with Crippen molar-refractivity contribution in [3.8, 4) is 0 Å². The number of benzene rings is 1. The third-order valence-corrected chi connectivity index (χ3v) is 4.24. The number of nitrogens with zero attached hydrogens (tertiary/aromatic N) is 3. The van der Waals surface area contributed by atoms with E-state index in [2.05, 4.69) is 0 Å². The Labute approximate surface area is 152 Å². The van der Waals surface area contributed by atoms with Crippen molar-refractivity contribution in [2.45, 2.75) is 39.2 Å². The van der Waals surface area contributed by atoms with Crippen LogP contribution in [-0.2, 0) is 4.74 Å². The number of carbonyl (C=O) groups excluding carboxylic acids is 1. The van der Waals surface area contributed by atoms with Crippen LogP contribution in [0.4, 0.5) is 20.6 Å². The zero-order chi connectivity index (χ0) is 19.5. The molecule has 8 heteroatoms. The molecule has 144 valence electrons. The van der Waals surface area contributed by atoms with E-state index < -0.39 is 16.3 Å². The summed E-state index contributed by atoms with van der Waals surface area (Å²) in [6, 6.07) is 3.72. The molecule has 26 heavy (non-hydrogen) atoms. The minimum absolute atomic E-state index is 0.177. The van der Waals surface area contributed by atoms with Crippen molar-refractivity contribution in [2.75, 3.05) is 31.6 Å². The number of halogens is 1. The van der Waals surface area contributed by atoms with Crippen molar-refractivity contribution in [1.82, 2.24) is 4.90 Å². The quantitative estimate of drug-likeness (QED) is 0.597. The molecule has 1 aliphatic heterocycles. The summed E-state index contributed by atoms with van der Waals surface area (Å²) in [6.07, 6.45) is 1.41. The van der Waals surface area contributed by atoms with Gasteiger partial charge >= 0.3 is 6.09 Å². The number of nitro benzene ring substituents is 1. The van der Waals surface area contributed by atoms with E-state index >= 15 is 0 Å². The molecular formula is C18H26FN3O4. The molecule has 1 aromatic rings. The summed E-state index contributed by atoms with van der Waals surface area (Å²) in [5, 5.41) is 10.8. The first-order valence-electron chi connectivity index (χ1n) is 8.70. The molecule has 0 aliphatic carbocycles. The Balaban J connectivity index is 2.01. The predicted octanol–water partition coefficient (Wildman–Crippen LogP) is 3.82. The second-order valence-corrected chi connectivity index (χ2v) is 7.71. The Hall–Kier alpha value is -2.38. The molecule has 1 saturated heterocycles. The number of amides is 1. The third-order valence-electron chi connectivity index (χ3n) is 4.24. The Morgan fingerprint density at radius 2 is 2.15 bits per heavy atom. The van der Waals surface area contributed by atoms with Crippen LogP contribution in [0.3, 0.4) is 0 Å². The molecule has 0 aromatic heterocycles. The van der Waals surface area contributed by atoms with Gasteiger partial charge in [-0.3, -0.25) is 10.1 Å². The van der Waals surface area contributed by atoms with Gasteiger partial charge in [0.05, 0.1) is 16.7 Å². The zero-order valence-corrected chi connectivity index (χ0v) is 15.7. The lowest BCUT2D eigenvalue weighted by Crippen LogP contribution is -2.43. The molecule has 2 rings (SSSR count). The van der Waals surface area contributed by atoms with Gasteiger partial charge in [0.1, 0.15) is 5.60 Å². The topological polar surface area (TPSA) is 75.9 Å². The monoisotopic (exact) mass is 367 g/mol. The van der Waals surface area contributed by atoms with Gasteiger partial charge in [0.15, 0.2) is 5.82 Å². The van der Waals surface area contributed by atoms with Crippen LogP contribution in [0.1, 0.15) is 33.6 Å². The van der Waals surface area contributed by atoms with E-state index in [1.54, 1.807) is 11.9 Å². The van der Waals surface area contributed by atoms with Crippen molar-refractivity contribution >= 4 is 17.5 Å². The number of hydrogen-bond acceptors (Lipinski definition) is 5. The van der Waals surface area contributed by atoms with Gasteiger partial charge in [0, 0.05) is 32.7 Å². The highest BCUT2D eigenvalue weighted by atomic mass is 19.1. The number of rotatable bonds is 4. The number of hydrogen-bond donors (Lipinski definition) is 0. The molecule has 1 amide bonds. The van der Waals surface area contributed by atoms with Crippen molar-refractivity contribution in [3.05, 3.63) is 34.1 Å². The van der Waals surface area contributed by atoms with Gasteiger partial charge in [-0.25, -0.2) is 9.18 Å². The Bertz CT molecular complexity index is 675. The fourth-order valence-corrected chi connectivity index (χ4v) is 3.10.